The van der Waals surface area contributed by atoms with Crippen molar-refractivity contribution in [3.8, 4) is 5.75 Å². The van der Waals surface area contributed by atoms with Gasteiger partial charge in [-0.25, -0.2) is 13.1 Å². The van der Waals surface area contributed by atoms with Crippen LogP contribution in [0.1, 0.15) is 5.56 Å². The van der Waals surface area contributed by atoms with Crippen LogP contribution < -0.4 is 10.3 Å². The van der Waals surface area contributed by atoms with Gasteiger partial charge in [-0.3, -0.25) is 4.79 Å². The fraction of sp³-hybridized carbons (Fsp3) is 0.154. The maximum Gasteiger partial charge on any atom is 0.247 e. The Morgan fingerprint density at radius 1 is 1.10 bits per heavy atom. The number of aromatic hydroxyl groups is 1. The number of H-pyrrole nitrogens is 1. The Morgan fingerprint density at radius 3 is 2.40 bits per heavy atom. The van der Waals surface area contributed by atoms with Crippen LogP contribution in [-0.2, 0) is 16.4 Å². The summed E-state index contributed by atoms with van der Waals surface area (Å²) >= 11 is 0. The number of hydrogen-bond acceptors (Lipinski definition) is 4. The Kier molecular flexibility index (Phi) is 4.21. The molecule has 0 saturated heterocycles. The minimum absolute atomic E-state index is 0.0165. The minimum atomic E-state index is -3.62. The van der Waals surface area contributed by atoms with Gasteiger partial charge in [0.1, 0.15) is 5.75 Å². The number of sulfonamides is 1. The van der Waals surface area contributed by atoms with Crippen LogP contribution in [-0.4, -0.2) is 25.1 Å². The molecule has 106 valence electrons. The van der Waals surface area contributed by atoms with E-state index < -0.39 is 10.0 Å². The van der Waals surface area contributed by atoms with Crippen molar-refractivity contribution in [1.82, 2.24) is 9.71 Å². The number of rotatable bonds is 5. The number of phenolic OH excluding ortho intramolecular Hbond substituents is 1. The molecule has 0 amide bonds. The van der Waals surface area contributed by atoms with Gasteiger partial charge in [0.05, 0.1) is 4.90 Å². The zero-order valence-electron chi connectivity index (χ0n) is 10.5. The Balaban J connectivity index is 1.97. The molecule has 0 fully saturated rings. The van der Waals surface area contributed by atoms with Gasteiger partial charge < -0.3 is 10.1 Å². The highest BCUT2D eigenvalue weighted by Gasteiger charge is 2.12. The summed E-state index contributed by atoms with van der Waals surface area (Å²) in [7, 11) is -3.62. The van der Waals surface area contributed by atoms with Crippen molar-refractivity contribution < 1.29 is 13.5 Å². The molecule has 7 heteroatoms. The lowest BCUT2D eigenvalue weighted by atomic mass is 10.1. The van der Waals surface area contributed by atoms with E-state index in [-0.39, 0.29) is 22.7 Å². The van der Waals surface area contributed by atoms with Crippen molar-refractivity contribution in [3.63, 3.8) is 0 Å². The average Bonchev–Trinajstić information content (AvgIpc) is 2.41. The van der Waals surface area contributed by atoms with Gasteiger partial charge in [-0.15, -0.1) is 0 Å². The summed E-state index contributed by atoms with van der Waals surface area (Å²) in [6, 6.07) is 8.96. The molecule has 0 saturated carbocycles. The number of phenols is 1. The summed E-state index contributed by atoms with van der Waals surface area (Å²) in [5.41, 5.74) is 0.556. The summed E-state index contributed by atoms with van der Waals surface area (Å²) in [5, 5.41) is 9.14. The molecule has 20 heavy (non-hydrogen) atoms. The Hall–Kier alpha value is -2.12. The Bertz CT molecular complexity index is 715. The summed E-state index contributed by atoms with van der Waals surface area (Å²) in [4.78, 5) is 13.2. The first-order valence-corrected chi connectivity index (χ1v) is 7.42. The third-order valence-electron chi connectivity index (χ3n) is 2.71. The van der Waals surface area contributed by atoms with Gasteiger partial charge in [0.25, 0.3) is 0 Å². The quantitative estimate of drug-likeness (QED) is 0.752. The Labute approximate surface area is 116 Å². The minimum Gasteiger partial charge on any atom is -0.508 e. The molecule has 0 bridgehead atoms. The molecule has 0 unspecified atom stereocenters. The molecule has 2 aromatic rings. The fourth-order valence-corrected chi connectivity index (χ4v) is 2.64. The van der Waals surface area contributed by atoms with Gasteiger partial charge in [-0.05, 0) is 30.2 Å². The molecule has 1 aromatic carbocycles. The van der Waals surface area contributed by atoms with Crippen molar-refractivity contribution in [3.05, 3.63) is 58.5 Å². The summed E-state index contributed by atoms with van der Waals surface area (Å²) < 4.78 is 26.3. The van der Waals surface area contributed by atoms with Gasteiger partial charge >= 0.3 is 0 Å². The number of aromatic amines is 1. The molecule has 0 spiro atoms. The van der Waals surface area contributed by atoms with Crippen LogP contribution in [0.15, 0.2) is 52.3 Å². The van der Waals surface area contributed by atoms with Crippen molar-refractivity contribution in [1.29, 1.82) is 0 Å². The SMILES string of the molecule is O=c1ccc(S(=O)(=O)NCCc2ccc(O)cc2)c[nH]1. The molecular formula is C13H14N2O4S. The Morgan fingerprint density at radius 2 is 1.80 bits per heavy atom. The van der Waals surface area contributed by atoms with Crippen LogP contribution in [0.4, 0.5) is 0 Å². The summed E-state index contributed by atoms with van der Waals surface area (Å²) in [6.07, 6.45) is 1.66. The molecule has 0 atom stereocenters. The zero-order valence-corrected chi connectivity index (χ0v) is 11.4. The van der Waals surface area contributed by atoms with Crippen molar-refractivity contribution in [2.75, 3.05) is 6.54 Å². The molecule has 2 rings (SSSR count). The van der Waals surface area contributed by atoms with Crippen LogP contribution in [0, 0.1) is 0 Å². The monoisotopic (exact) mass is 294 g/mol. The van der Waals surface area contributed by atoms with Gasteiger partial charge in [0.2, 0.25) is 15.6 Å². The second-order valence-electron chi connectivity index (χ2n) is 4.20. The van der Waals surface area contributed by atoms with Crippen LogP contribution in [0.25, 0.3) is 0 Å². The number of benzene rings is 1. The first-order chi connectivity index (χ1) is 9.47. The molecule has 0 aliphatic rings. The van der Waals surface area contributed by atoms with E-state index in [2.05, 4.69) is 9.71 Å². The van der Waals surface area contributed by atoms with Gasteiger partial charge in [0, 0.05) is 18.8 Å². The molecule has 1 aromatic heterocycles. The van der Waals surface area contributed by atoms with Crippen molar-refractivity contribution in [2.24, 2.45) is 0 Å². The van der Waals surface area contributed by atoms with E-state index in [1.54, 1.807) is 24.3 Å². The van der Waals surface area contributed by atoms with Gasteiger partial charge in [-0.1, -0.05) is 12.1 Å². The van der Waals surface area contributed by atoms with Gasteiger partial charge in [0.15, 0.2) is 0 Å². The van der Waals surface area contributed by atoms with E-state index in [0.29, 0.717) is 6.42 Å². The summed E-state index contributed by atoms with van der Waals surface area (Å²) in [6.45, 7) is 0.228. The maximum absolute atomic E-state index is 11.9. The first kappa shape index (κ1) is 14.3. The maximum atomic E-state index is 11.9. The largest absolute Gasteiger partial charge is 0.508 e. The number of aromatic nitrogens is 1. The second kappa shape index (κ2) is 5.89. The lowest BCUT2D eigenvalue weighted by molar-refractivity contribution is 0.475. The van der Waals surface area contributed by atoms with E-state index in [0.717, 1.165) is 17.8 Å². The highest BCUT2D eigenvalue weighted by Crippen LogP contribution is 2.10. The van der Waals surface area contributed by atoms with Crippen LogP contribution in [0.3, 0.4) is 0 Å². The van der Waals surface area contributed by atoms with E-state index in [4.69, 9.17) is 5.11 Å². The highest BCUT2D eigenvalue weighted by molar-refractivity contribution is 7.89. The van der Waals surface area contributed by atoms with Gasteiger partial charge in [-0.2, -0.15) is 0 Å². The predicted octanol–water partition coefficient (Wildman–Crippen LogP) is 0.601. The van der Waals surface area contributed by atoms with Crippen LogP contribution >= 0.6 is 0 Å². The smallest absolute Gasteiger partial charge is 0.247 e. The molecule has 0 radical (unpaired) electrons. The van der Waals surface area contributed by atoms with E-state index >= 15 is 0 Å². The average molecular weight is 294 g/mol. The van der Waals surface area contributed by atoms with E-state index in [1.807, 2.05) is 0 Å². The molecular weight excluding hydrogens is 280 g/mol. The molecule has 3 N–H and O–H groups in total. The zero-order chi connectivity index (χ0) is 14.6. The lowest BCUT2D eigenvalue weighted by Gasteiger charge is -2.06. The number of hydrogen-bond donors (Lipinski definition) is 3. The number of nitrogens with one attached hydrogen (secondary N) is 2. The van der Waals surface area contributed by atoms with Crippen molar-refractivity contribution >= 4 is 10.0 Å². The third-order valence-corrected chi connectivity index (χ3v) is 4.17. The van der Waals surface area contributed by atoms with Crippen LogP contribution in [0.2, 0.25) is 0 Å². The standard InChI is InChI=1S/C13H14N2O4S/c16-11-3-1-10(2-4-11)7-8-15-20(18,19)12-5-6-13(17)14-9-12/h1-6,9,15-16H,7-8H2,(H,14,17). The molecule has 6 nitrogen and oxygen atoms in total. The summed E-state index contributed by atoms with van der Waals surface area (Å²) in [5.74, 6) is 0.169. The third kappa shape index (κ3) is 3.69. The van der Waals surface area contributed by atoms with Crippen LogP contribution in [0.5, 0.6) is 5.75 Å². The second-order valence-corrected chi connectivity index (χ2v) is 5.97. The fourth-order valence-electron chi connectivity index (χ4n) is 1.64. The molecule has 1 heterocycles. The lowest BCUT2D eigenvalue weighted by Crippen LogP contribution is -2.26. The number of pyridine rings is 1. The van der Waals surface area contributed by atoms with Crippen molar-refractivity contribution in [2.45, 2.75) is 11.3 Å². The first-order valence-electron chi connectivity index (χ1n) is 5.94. The van der Waals surface area contributed by atoms with E-state index in [9.17, 15) is 13.2 Å². The predicted molar refractivity (Wildman–Crippen MR) is 74.1 cm³/mol. The van der Waals surface area contributed by atoms with E-state index in [1.165, 1.54) is 6.07 Å². The molecule has 0 aliphatic heterocycles. The normalized spacial score (nSPS) is 11.4. The molecule has 0 aliphatic carbocycles. The highest BCUT2D eigenvalue weighted by atomic mass is 32.2. The topological polar surface area (TPSA) is 99.3 Å².